The number of benzene rings is 1. The third kappa shape index (κ3) is 5.75. The predicted molar refractivity (Wildman–Crippen MR) is 83.3 cm³/mol. The molecule has 1 aromatic carbocycles. The molecule has 0 spiro atoms. The summed E-state index contributed by atoms with van der Waals surface area (Å²) in [7, 11) is -4.41. The number of amides is 1. The number of unbranched alkanes of at least 4 members (excludes halogenated alkanes) is 2. The Kier molecular flexibility index (Phi) is 7.50. The van der Waals surface area contributed by atoms with Crippen LogP contribution in [0.25, 0.3) is 0 Å². The first-order chi connectivity index (χ1) is 10.4. The van der Waals surface area contributed by atoms with Crippen LogP contribution in [0, 0.1) is 0 Å². The number of carbonyl (C=O) groups excluding carboxylic acids is 1. The quantitative estimate of drug-likeness (QED) is 0.646. The third-order valence-electron chi connectivity index (χ3n) is 3.36. The lowest BCUT2D eigenvalue weighted by molar-refractivity contribution is -0.368. The SMILES string of the molecule is CCCCC[NH3+].O=C1CCCN1c1ccc(S(=O)(=O)[O-])cc1. The summed E-state index contributed by atoms with van der Waals surface area (Å²) in [5, 5.41) is 0. The predicted octanol–water partition coefficient (Wildman–Crippen LogP) is 1.14. The van der Waals surface area contributed by atoms with Gasteiger partial charge in [-0.05, 0) is 43.5 Å². The minimum absolute atomic E-state index is 0.0257. The molecule has 0 radical (unpaired) electrons. The summed E-state index contributed by atoms with van der Waals surface area (Å²) in [5.41, 5.74) is 4.36. The summed E-state index contributed by atoms with van der Waals surface area (Å²) >= 11 is 0. The van der Waals surface area contributed by atoms with Gasteiger partial charge in [-0.25, -0.2) is 8.42 Å². The van der Waals surface area contributed by atoms with Gasteiger partial charge in [0.25, 0.3) is 0 Å². The van der Waals surface area contributed by atoms with E-state index in [4.69, 9.17) is 0 Å². The Morgan fingerprint density at radius 1 is 1.23 bits per heavy atom. The molecule has 1 amide bonds. The fraction of sp³-hybridized carbons (Fsp3) is 0.533. The molecule has 1 aliphatic rings. The molecule has 0 aromatic heterocycles. The lowest BCUT2D eigenvalue weighted by Crippen LogP contribution is -2.49. The van der Waals surface area contributed by atoms with Crippen LogP contribution in [0.5, 0.6) is 0 Å². The number of hydrogen-bond acceptors (Lipinski definition) is 4. The molecule has 0 atom stereocenters. The van der Waals surface area contributed by atoms with Crippen LogP contribution in [0.2, 0.25) is 0 Å². The number of nitrogens with zero attached hydrogens (tertiary/aromatic N) is 1. The molecule has 2 rings (SSSR count). The highest BCUT2D eigenvalue weighted by atomic mass is 32.2. The van der Waals surface area contributed by atoms with Crippen molar-refractivity contribution in [1.82, 2.24) is 0 Å². The molecule has 0 saturated carbocycles. The van der Waals surface area contributed by atoms with Crippen molar-refractivity contribution in [3.8, 4) is 0 Å². The molecule has 1 aromatic rings. The van der Waals surface area contributed by atoms with Crippen LogP contribution < -0.4 is 10.6 Å². The maximum atomic E-state index is 11.4. The monoisotopic (exact) mass is 328 g/mol. The second-order valence-corrected chi connectivity index (χ2v) is 6.54. The van der Waals surface area contributed by atoms with Gasteiger partial charge in [-0.15, -0.1) is 0 Å². The molecule has 0 bridgehead atoms. The van der Waals surface area contributed by atoms with E-state index in [9.17, 15) is 17.8 Å². The van der Waals surface area contributed by atoms with Crippen molar-refractivity contribution in [1.29, 1.82) is 0 Å². The highest BCUT2D eigenvalue weighted by Gasteiger charge is 2.21. The zero-order chi connectivity index (χ0) is 16.6. The third-order valence-corrected chi connectivity index (χ3v) is 4.21. The first-order valence-electron chi connectivity index (χ1n) is 7.55. The topological polar surface area (TPSA) is 105 Å². The van der Waals surface area contributed by atoms with Gasteiger partial charge in [0.15, 0.2) is 0 Å². The molecule has 1 saturated heterocycles. The molecule has 0 aliphatic carbocycles. The number of anilines is 1. The van der Waals surface area contributed by atoms with Crippen molar-refractivity contribution >= 4 is 21.7 Å². The second kappa shape index (κ2) is 8.87. The average Bonchev–Trinajstić information content (AvgIpc) is 2.91. The summed E-state index contributed by atoms with van der Waals surface area (Å²) in [4.78, 5) is 12.7. The molecule has 7 heteroatoms. The van der Waals surface area contributed by atoms with E-state index in [0.29, 0.717) is 18.7 Å². The summed E-state index contributed by atoms with van der Waals surface area (Å²) in [5.74, 6) is 0.0257. The largest absolute Gasteiger partial charge is 0.744 e. The summed E-state index contributed by atoms with van der Waals surface area (Å²) in [6.45, 7) is 3.95. The minimum atomic E-state index is -4.41. The molecular weight excluding hydrogens is 304 g/mol. The Labute approximate surface area is 132 Å². The molecule has 6 nitrogen and oxygen atoms in total. The molecule has 1 fully saturated rings. The van der Waals surface area contributed by atoms with Gasteiger partial charge in [0.05, 0.1) is 11.4 Å². The first-order valence-corrected chi connectivity index (χ1v) is 8.96. The summed E-state index contributed by atoms with van der Waals surface area (Å²) in [6, 6.07) is 5.41. The lowest BCUT2D eigenvalue weighted by atomic mass is 10.3. The van der Waals surface area contributed by atoms with Gasteiger partial charge in [0.1, 0.15) is 10.1 Å². The van der Waals surface area contributed by atoms with E-state index in [0.717, 1.165) is 13.0 Å². The van der Waals surface area contributed by atoms with Crippen LogP contribution in [0.15, 0.2) is 29.2 Å². The van der Waals surface area contributed by atoms with Crippen LogP contribution in [-0.4, -0.2) is 32.0 Å². The van der Waals surface area contributed by atoms with E-state index in [1.54, 1.807) is 4.90 Å². The number of carbonyl (C=O) groups is 1. The molecule has 1 heterocycles. The molecule has 124 valence electrons. The van der Waals surface area contributed by atoms with E-state index < -0.39 is 10.1 Å². The molecule has 3 N–H and O–H groups in total. The maximum absolute atomic E-state index is 11.4. The zero-order valence-electron chi connectivity index (χ0n) is 13.0. The molecular formula is C15H24N2O4S. The van der Waals surface area contributed by atoms with E-state index in [-0.39, 0.29) is 10.8 Å². The first kappa shape index (κ1) is 18.6. The van der Waals surface area contributed by atoms with Gasteiger partial charge < -0.3 is 15.2 Å². The molecule has 1 aliphatic heterocycles. The second-order valence-electron chi connectivity index (χ2n) is 5.16. The lowest BCUT2D eigenvalue weighted by Gasteiger charge is -2.16. The summed E-state index contributed by atoms with van der Waals surface area (Å²) in [6.07, 6.45) is 5.29. The van der Waals surface area contributed by atoms with Crippen molar-refractivity contribution < 1.29 is 23.5 Å². The van der Waals surface area contributed by atoms with Gasteiger partial charge >= 0.3 is 0 Å². The van der Waals surface area contributed by atoms with Crippen LogP contribution in [0.3, 0.4) is 0 Å². The zero-order valence-corrected chi connectivity index (χ0v) is 13.8. The maximum Gasteiger partial charge on any atom is 0.227 e. The highest BCUT2D eigenvalue weighted by molar-refractivity contribution is 7.85. The average molecular weight is 328 g/mol. The summed E-state index contributed by atoms with van der Waals surface area (Å²) < 4.78 is 32.1. The van der Waals surface area contributed by atoms with E-state index in [1.807, 2.05) is 0 Å². The Morgan fingerprint density at radius 2 is 1.86 bits per heavy atom. The van der Waals surface area contributed by atoms with Gasteiger partial charge in [-0.1, -0.05) is 13.3 Å². The Morgan fingerprint density at radius 3 is 2.23 bits per heavy atom. The molecule has 0 unspecified atom stereocenters. The molecule has 22 heavy (non-hydrogen) atoms. The standard InChI is InChI=1S/C10H11NO4S.C5H13N/c12-10-2-1-7-11(10)8-3-5-9(6-4-8)16(13,14)15;1-2-3-4-5-6/h3-6H,1-2,7H2,(H,13,14,15);2-6H2,1H3. The van der Waals surface area contributed by atoms with Crippen molar-refractivity contribution in [2.24, 2.45) is 0 Å². The van der Waals surface area contributed by atoms with Crippen LogP contribution >= 0.6 is 0 Å². The van der Waals surface area contributed by atoms with Crippen molar-refractivity contribution in [2.75, 3.05) is 18.0 Å². The van der Waals surface area contributed by atoms with Gasteiger partial charge in [-0.3, -0.25) is 4.79 Å². The Balaban J connectivity index is 0.000000346. The van der Waals surface area contributed by atoms with Crippen LogP contribution in [-0.2, 0) is 14.9 Å². The number of quaternary nitrogens is 1. The number of hydrogen-bond donors (Lipinski definition) is 1. The van der Waals surface area contributed by atoms with Crippen molar-refractivity contribution in [2.45, 2.75) is 43.9 Å². The van der Waals surface area contributed by atoms with E-state index >= 15 is 0 Å². The highest BCUT2D eigenvalue weighted by Crippen LogP contribution is 2.22. The van der Waals surface area contributed by atoms with Gasteiger partial charge in [-0.2, -0.15) is 0 Å². The van der Waals surface area contributed by atoms with Crippen LogP contribution in [0.1, 0.15) is 39.0 Å². The number of rotatable bonds is 5. The van der Waals surface area contributed by atoms with E-state index in [1.165, 1.54) is 43.5 Å². The smallest absolute Gasteiger partial charge is 0.227 e. The van der Waals surface area contributed by atoms with Crippen molar-refractivity contribution in [3.05, 3.63) is 24.3 Å². The van der Waals surface area contributed by atoms with Crippen LogP contribution in [0.4, 0.5) is 5.69 Å². The Bertz CT molecular complexity index is 566. The normalized spacial score (nSPS) is 14.7. The van der Waals surface area contributed by atoms with E-state index in [2.05, 4.69) is 12.7 Å². The van der Waals surface area contributed by atoms with Gasteiger partial charge in [0, 0.05) is 18.7 Å². The minimum Gasteiger partial charge on any atom is -0.744 e. The Hall–Kier alpha value is -1.44. The fourth-order valence-corrected chi connectivity index (χ4v) is 2.61. The fourth-order valence-electron chi connectivity index (χ4n) is 2.14. The van der Waals surface area contributed by atoms with Gasteiger partial charge in [0.2, 0.25) is 5.91 Å². The van der Waals surface area contributed by atoms with Crippen molar-refractivity contribution in [3.63, 3.8) is 0 Å².